The van der Waals surface area contributed by atoms with Crippen LogP contribution in [0.3, 0.4) is 0 Å². The topological polar surface area (TPSA) is 175 Å². The van der Waals surface area contributed by atoms with E-state index in [1.54, 1.807) is 31.4 Å². The van der Waals surface area contributed by atoms with Gasteiger partial charge in [0.25, 0.3) is 15.7 Å². The fourth-order valence-corrected chi connectivity index (χ4v) is 4.03. The summed E-state index contributed by atoms with van der Waals surface area (Å²) in [5.74, 6) is 0.679. The lowest BCUT2D eigenvalue weighted by atomic mass is 10.1. The van der Waals surface area contributed by atoms with E-state index in [0.717, 1.165) is 22.5 Å². The SMILES string of the molecule is COc1ccc(CO[C@H](CN=[N+]=[N-])[C@@H]2C[C@@H](OS(C)(=O)=O)[C@H](n3ccc(=O)[nH]c3=O)O2)cc1. The van der Waals surface area contributed by atoms with Gasteiger partial charge in [-0.05, 0) is 23.2 Å². The molecule has 13 nitrogen and oxygen atoms in total. The summed E-state index contributed by atoms with van der Waals surface area (Å²) < 4.78 is 46.7. The average Bonchev–Trinajstić information content (AvgIpc) is 3.15. The van der Waals surface area contributed by atoms with Crippen LogP contribution in [0.25, 0.3) is 10.4 Å². The highest BCUT2D eigenvalue weighted by molar-refractivity contribution is 7.86. The molecule has 2 aromatic rings. The summed E-state index contributed by atoms with van der Waals surface area (Å²) in [5.41, 5.74) is 8.17. The van der Waals surface area contributed by atoms with Crippen molar-refractivity contribution in [3.05, 3.63) is 73.4 Å². The lowest BCUT2D eigenvalue weighted by Gasteiger charge is -2.23. The predicted octanol–water partition coefficient (Wildman–Crippen LogP) is 1.07. The van der Waals surface area contributed by atoms with Crippen LogP contribution in [0.1, 0.15) is 18.2 Å². The standard InChI is InChI=1S/C19H23N5O8S/c1-29-13-5-3-12(4-6-13)11-30-16(10-21-23-20)14-9-15(32-33(2,27)28)18(31-14)24-8-7-17(25)22-19(24)26/h3-8,14-16,18H,9-11H2,1-2H3,(H,22,25,26)/t14-,15+,16+,18+/m0/s1. The Morgan fingerprint density at radius 1 is 1.30 bits per heavy atom. The van der Waals surface area contributed by atoms with Crippen molar-refractivity contribution >= 4 is 10.1 Å². The average molecular weight is 481 g/mol. The highest BCUT2D eigenvalue weighted by atomic mass is 32.2. The number of H-pyrrole nitrogens is 1. The van der Waals surface area contributed by atoms with Gasteiger partial charge in [0, 0.05) is 23.6 Å². The molecule has 1 N–H and O–H groups in total. The van der Waals surface area contributed by atoms with Gasteiger partial charge in [-0.3, -0.25) is 18.5 Å². The maximum Gasteiger partial charge on any atom is 0.330 e. The highest BCUT2D eigenvalue weighted by Crippen LogP contribution is 2.34. The summed E-state index contributed by atoms with van der Waals surface area (Å²) >= 11 is 0. The van der Waals surface area contributed by atoms with E-state index in [9.17, 15) is 18.0 Å². The van der Waals surface area contributed by atoms with E-state index in [1.165, 1.54) is 6.20 Å². The van der Waals surface area contributed by atoms with Crippen LogP contribution >= 0.6 is 0 Å². The number of aromatic amines is 1. The molecule has 0 unspecified atom stereocenters. The largest absolute Gasteiger partial charge is 0.497 e. The molecule has 4 atom stereocenters. The summed E-state index contributed by atoms with van der Waals surface area (Å²) in [7, 11) is -2.35. The van der Waals surface area contributed by atoms with Gasteiger partial charge in [0.05, 0.1) is 38.7 Å². The Bertz CT molecular complexity index is 1220. The van der Waals surface area contributed by atoms with E-state index in [-0.39, 0.29) is 19.6 Å². The molecule has 0 radical (unpaired) electrons. The first-order valence-electron chi connectivity index (χ1n) is 9.80. The summed E-state index contributed by atoms with van der Waals surface area (Å²) in [5, 5.41) is 3.56. The third-order valence-electron chi connectivity index (χ3n) is 4.88. The van der Waals surface area contributed by atoms with Crippen molar-refractivity contribution in [2.24, 2.45) is 5.11 Å². The molecule has 14 heteroatoms. The number of hydrogen-bond acceptors (Lipinski definition) is 9. The number of nitrogens with one attached hydrogen (secondary N) is 1. The van der Waals surface area contributed by atoms with Gasteiger partial charge in [0.2, 0.25) is 0 Å². The number of ether oxygens (including phenoxy) is 3. The first-order valence-corrected chi connectivity index (χ1v) is 11.6. The number of methoxy groups -OCH3 is 1. The van der Waals surface area contributed by atoms with Crippen LogP contribution in [0, 0.1) is 0 Å². The molecule has 178 valence electrons. The van der Waals surface area contributed by atoms with Gasteiger partial charge < -0.3 is 14.2 Å². The van der Waals surface area contributed by atoms with Crippen LogP contribution in [0.15, 0.2) is 51.2 Å². The van der Waals surface area contributed by atoms with Crippen LogP contribution in [-0.4, -0.2) is 56.2 Å². The van der Waals surface area contributed by atoms with Crippen molar-refractivity contribution in [2.45, 2.75) is 37.6 Å². The second-order valence-corrected chi connectivity index (χ2v) is 8.87. The zero-order valence-electron chi connectivity index (χ0n) is 17.9. The van der Waals surface area contributed by atoms with E-state index in [4.69, 9.17) is 23.9 Å². The van der Waals surface area contributed by atoms with Crippen molar-refractivity contribution in [3.63, 3.8) is 0 Å². The number of rotatable bonds is 10. The van der Waals surface area contributed by atoms with E-state index in [0.29, 0.717) is 5.75 Å². The van der Waals surface area contributed by atoms with Gasteiger partial charge in [0.15, 0.2) is 6.23 Å². The smallest absolute Gasteiger partial charge is 0.330 e. The van der Waals surface area contributed by atoms with Crippen LogP contribution in [0.2, 0.25) is 0 Å². The fourth-order valence-electron chi connectivity index (χ4n) is 3.41. The maximum atomic E-state index is 12.3. The predicted molar refractivity (Wildman–Crippen MR) is 115 cm³/mol. The molecule has 2 heterocycles. The van der Waals surface area contributed by atoms with Crippen molar-refractivity contribution in [1.82, 2.24) is 9.55 Å². The Balaban J connectivity index is 1.83. The Morgan fingerprint density at radius 3 is 2.64 bits per heavy atom. The number of benzene rings is 1. The third-order valence-corrected chi connectivity index (χ3v) is 5.48. The van der Waals surface area contributed by atoms with E-state index >= 15 is 0 Å². The molecule has 1 aromatic heterocycles. The molecule has 1 aromatic carbocycles. The zero-order chi connectivity index (χ0) is 24.0. The maximum absolute atomic E-state index is 12.3. The summed E-state index contributed by atoms with van der Waals surface area (Å²) in [6, 6.07) is 8.24. The number of hydrogen-bond donors (Lipinski definition) is 1. The van der Waals surface area contributed by atoms with E-state index in [1.807, 2.05) is 0 Å². The van der Waals surface area contributed by atoms with E-state index in [2.05, 4.69) is 15.0 Å². The Hall–Kier alpha value is -3.16. The molecule has 0 saturated carbocycles. The molecule has 1 aliphatic rings. The zero-order valence-corrected chi connectivity index (χ0v) is 18.7. The first kappa shape index (κ1) is 24.5. The second-order valence-electron chi connectivity index (χ2n) is 7.27. The fraction of sp³-hybridized carbons (Fsp3) is 0.474. The molecule has 0 amide bonds. The summed E-state index contributed by atoms with van der Waals surface area (Å²) in [6.45, 7) is 0.0481. The monoisotopic (exact) mass is 481 g/mol. The van der Waals surface area contributed by atoms with Crippen LogP contribution in [-0.2, 0) is 30.4 Å². The Morgan fingerprint density at radius 2 is 2.03 bits per heavy atom. The highest BCUT2D eigenvalue weighted by Gasteiger charge is 2.43. The van der Waals surface area contributed by atoms with E-state index < -0.39 is 45.9 Å². The third kappa shape index (κ3) is 6.66. The van der Waals surface area contributed by atoms with Gasteiger partial charge in [-0.1, -0.05) is 17.2 Å². The lowest BCUT2D eigenvalue weighted by molar-refractivity contribution is -0.0961. The minimum absolute atomic E-state index is 0.0253. The summed E-state index contributed by atoms with van der Waals surface area (Å²) in [4.78, 5) is 28.5. The van der Waals surface area contributed by atoms with Gasteiger partial charge in [-0.2, -0.15) is 8.42 Å². The Labute approximate surface area is 188 Å². The quantitative estimate of drug-likeness (QED) is 0.227. The van der Waals surface area contributed by atoms with Gasteiger partial charge >= 0.3 is 5.69 Å². The van der Waals surface area contributed by atoms with Gasteiger partial charge in [-0.15, -0.1) is 0 Å². The molecular weight excluding hydrogens is 458 g/mol. The lowest BCUT2D eigenvalue weighted by Crippen LogP contribution is -2.36. The van der Waals surface area contributed by atoms with Crippen LogP contribution in [0.5, 0.6) is 5.75 Å². The number of aromatic nitrogens is 2. The molecular formula is C19H23N5O8S. The molecule has 1 saturated heterocycles. The van der Waals surface area contributed by atoms with Crippen LogP contribution in [0.4, 0.5) is 0 Å². The molecule has 33 heavy (non-hydrogen) atoms. The molecule has 0 spiro atoms. The number of azide groups is 1. The second kappa shape index (κ2) is 10.6. The van der Waals surface area contributed by atoms with Crippen molar-refractivity contribution < 1.29 is 26.8 Å². The normalized spacial score (nSPS) is 21.3. The molecule has 0 bridgehead atoms. The minimum atomic E-state index is -3.90. The molecule has 0 aliphatic carbocycles. The number of nitrogens with zero attached hydrogens (tertiary/aromatic N) is 4. The minimum Gasteiger partial charge on any atom is -0.497 e. The molecule has 1 fully saturated rings. The van der Waals surface area contributed by atoms with Crippen LogP contribution < -0.4 is 16.0 Å². The van der Waals surface area contributed by atoms with Crippen molar-refractivity contribution in [3.8, 4) is 5.75 Å². The van der Waals surface area contributed by atoms with Crippen molar-refractivity contribution in [1.29, 1.82) is 0 Å². The first-order chi connectivity index (χ1) is 15.7. The van der Waals surface area contributed by atoms with Gasteiger partial charge in [0.1, 0.15) is 11.9 Å². The summed E-state index contributed by atoms with van der Waals surface area (Å²) in [6.07, 6.45) is -1.68. The molecule has 3 rings (SSSR count). The Kier molecular flexibility index (Phi) is 7.89. The van der Waals surface area contributed by atoms with Gasteiger partial charge in [-0.25, -0.2) is 4.79 Å². The van der Waals surface area contributed by atoms with Crippen molar-refractivity contribution in [2.75, 3.05) is 19.9 Å². The molecule has 1 aliphatic heterocycles.